The van der Waals surface area contributed by atoms with Gasteiger partial charge < -0.3 is 10.1 Å². The van der Waals surface area contributed by atoms with E-state index in [0.717, 1.165) is 36.2 Å². The Morgan fingerprint density at radius 3 is 2.83 bits per heavy atom. The number of benzene rings is 1. The van der Waals surface area contributed by atoms with E-state index in [2.05, 4.69) is 38.4 Å². The first-order chi connectivity index (χ1) is 14.2. The third-order valence-electron chi connectivity index (χ3n) is 6.39. The average molecular weight is 411 g/mol. The van der Waals surface area contributed by atoms with Crippen molar-refractivity contribution in [3.63, 3.8) is 0 Å². The minimum absolute atomic E-state index is 0.0236. The Morgan fingerprint density at radius 2 is 2.03 bits per heavy atom. The SMILES string of the molecule is CCOC(=O)CC1[C@@H]2CC[C@H]1CN(Cc1ccc3c(c1)Nc1nccnc1S3)C2. The van der Waals surface area contributed by atoms with Gasteiger partial charge in [-0.25, -0.2) is 9.97 Å². The van der Waals surface area contributed by atoms with E-state index in [-0.39, 0.29) is 5.97 Å². The third-order valence-corrected chi connectivity index (χ3v) is 7.45. The second-order valence-electron chi connectivity index (χ2n) is 8.23. The lowest BCUT2D eigenvalue weighted by Gasteiger charge is -2.37. The fourth-order valence-corrected chi connectivity index (χ4v) is 6.02. The second-order valence-corrected chi connectivity index (χ2v) is 9.26. The van der Waals surface area contributed by atoms with Crippen molar-refractivity contribution in [2.24, 2.45) is 17.8 Å². The second kappa shape index (κ2) is 7.95. The van der Waals surface area contributed by atoms with Gasteiger partial charge in [-0.2, -0.15) is 0 Å². The summed E-state index contributed by atoms with van der Waals surface area (Å²) in [7, 11) is 0. The standard InChI is InChI=1S/C22H26N4O2S/c1-2-28-20(27)10-17-15-4-5-16(17)13-26(12-15)11-14-3-6-19-18(9-14)25-21-22(29-19)24-8-7-23-21/h3,6-9,15-17H,2,4-5,10-13H2,1H3,(H,23,25)/t15-,16+,17?. The van der Waals surface area contributed by atoms with Crippen molar-refractivity contribution in [3.8, 4) is 0 Å². The van der Waals surface area contributed by atoms with Crippen molar-refractivity contribution in [1.82, 2.24) is 14.9 Å². The van der Waals surface area contributed by atoms with Gasteiger partial charge in [0, 0.05) is 43.3 Å². The summed E-state index contributed by atoms with van der Waals surface area (Å²) in [4.78, 5) is 24.5. The maximum atomic E-state index is 12.0. The van der Waals surface area contributed by atoms with Gasteiger partial charge in [0.05, 0.1) is 12.3 Å². The van der Waals surface area contributed by atoms with Crippen LogP contribution in [0.1, 0.15) is 31.7 Å². The molecule has 6 nitrogen and oxygen atoms in total. The summed E-state index contributed by atoms with van der Waals surface area (Å²) >= 11 is 1.66. The summed E-state index contributed by atoms with van der Waals surface area (Å²) in [6.45, 7) is 5.47. The van der Waals surface area contributed by atoms with Crippen molar-refractivity contribution in [3.05, 3.63) is 36.2 Å². The molecule has 1 aromatic heterocycles. The molecule has 2 bridgehead atoms. The monoisotopic (exact) mass is 410 g/mol. The Morgan fingerprint density at radius 1 is 1.24 bits per heavy atom. The molecule has 2 aromatic rings. The number of hydrogen-bond acceptors (Lipinski definition) is 7. The number of hydrogen-bond donors (Lipinski definition) is 1. The van der Waals surface area contributed by atoms with Crippen LogP contribution < -0.4 is 5.32 Å². The van der Waals surface area contributed by atoms with Crippen LogP contribution in [0.3, 0.4) is 0 Å². The van der Waals surface area contributed by atoms with Gasteiger partial charge in [0.15, 0.2) is 5.82 Å². The largest absolute Gasteiger partial charge is 0.466 e. The van der Waals surface area contributed by atoms with E-state index in [4.69, 9.17) is 4.74 Å². The van der Waals surface area contributed by atoms with Gasteiger partial charge in [-0.15, -0.1) is 0 Å². The normalized spacial score (nSPS) is 25.1. The molecule has 2 fully saturated rings. The summed E-state index contributed by atoms with van der Waals surface area (Å²) in [5.41, 5.74) is 2.42. The smallest absolute Gasteiger partial charge is 0.306 e. The summed E-state index contributed by atoms with van der Waals surface area (Å²) in [5.74, 6) is 2.55. The molecule has 5 rings (SSSR count). The van der Waals surface area contributed by atoms with Gasteiger partial charge in [0.2, 0.25) is 0 Å². The number of esters is 1. The van der Waals surface area contributed by atoms with Crippen LogP contribution in [0.5, 0.6) is 0 Å². The summed E-state index contributed by atoms with van der Waals surface area (Å²) in [6.07, 6.45) is 6.52. The van der Waals surface area contributed by atoms with Crippen molar-refractivity contribution in [2.45, 2.75) is 42.7 Å². The zero-order valence-corrected chi connectivity index (χ0v) is 17.5. The molecule has 1 aromatic carbocycles. The molecule has 0 spiro atoms. The molecular formula is C22H26N4O2S. The Balaban J connectivity index is 1.24. The summed E-state index contributed by atoms with van der Waals surface area (Å²) in [6, 6.07) is 6.65. The van der Waals surface area contributed by atoms with E-state index in [1.807, 2.05) is 6.92 Å². The minimum Gasteiger partial charge on any atom is -0.466 e. The molecule has 0 radical (unpaired) electrons. The van der Waals surface area contributed by atoms with Crippen molar-refractivity contribution in [1.29, 1.82) is 0 Å². The number of carbonyl (C=O) groups excluding carboxylic acids is 1. The Bertz CT molecular complexity index is 907. The molecular weight excluding hydrogens is 384 g/mol. The molecule has 1 N–H and O–H groups in total. The summed E-state index contributed by atoms with van der Waals surface area (Å²) < 4.78 is 5.20. The fraction of sp³-hybridized carbons (Fsp3) is 0.500. The predicted octanol–water partition coefficient (Wildman–Crippen LogP) is 4.10. The Labute approximate surface area is 175 Å². The minimum atomic E-state index is -0.0236. The number of nitrogens with zero attached hydrogens (tertiary/aromatic N) is 3. The van der Waals surface area contributed by atoms with E-state index >= 15 is 0 Å². The van der Waals surface area contributed by atoms with Crippen LogP contribution in [0.15, 0.2) is 40.5 Å². The van der Waals surface area contributed by atoms with Crippen LogP contribution >= 0.6 is 11.8 Å². The molecule has 3 aliphatic rings. The number of fused-ring (bicyclic) bond motifs is 4. The van der Waals surface area contributed by atoms with Gasteiger partial charge in [-0.1, -0.05) is 17.8 Å². The predicted molar refractivity (Wildman–Crippen MR) is 112 cm³/mol. The highest BCUT2D eigenvalue weighted by atomic mass is 32.2. The molecule has 0 amide bonds. The molecule has 1 saturated heterocycles. The highest BCUT2D eigenvalue weighted by molar-refractivity contribution is 7.99. The Hall–Kier alpha value is -2.12. The number of piperidine rings is 1. The number of rotatable bonds is 5. The van der Waals surface area contributed by atoms with E-state index in [1.54, 1.807) is 24.2 Å². The molecule has 3 atom stereocenters. The molecule has 1 saturated carbocycles. The van der Waals surface area contributed by atoms with Crippen LogP contribution in [-0.2, 0) is 16.1 Å². The zero-order valence-electron chi connectivity index (χ0n) is 16.6. The van der Waals surface area contributed by atoms with Gasteiger partial charge in [-0.3, -0.25) is 9.69 Å². The average Bonchev–Trinajstić information content (AvgIpc) is 2.94. The number of nitrogens with one attached hydrogen (secondary N) is 1. The molecule has 2 aliphatic heterocycles. The van der Waals surface area contributed by atoms with Crippen LogP contribution in [0.25, 0.3) is 0 Å². The van der Waals surface area contributed by atoms with Gasteiger partial charge in [0.25, 0.3) is 0 Å². The van der Waals surface area contributed by atoms with Crippen molar-refractivity contribution >= 4 is 29.2 Å². The molecule has 3 heterocycles. The van der Waals surface area contributed by atoms with Crippen LogP contribution in [0.4, 0.5) is 11.5 Å². The van der Waals surface area contributed by atoms with E-state index < -0.39 is 0 Å². The maximum Gasteiger partial charge on any atom is 0.306 e. The van der Waals surface area contributed by atoms with E-state index in [1.165, 1.54) is 23.3 Å². The Kier molecular flexibility index (Phi) is 5.18. The highest BCUT2D eigenvalue weighted by Gasteiger charge is 2.42. The van der Waals surface area contributed by atoms with Crippen molar-refractivity contribution in [2.75, 3.05) is 25.0 Å². The first-order valence-electron chi connectivity index (χ1n) is 10.5. The third kappa shape index (κ3) is 3.85. The van der Waals surface area contributed by atoms with E-state index in [0.29, 0.717) is 30.8 Å². The van der Waals surface area contributed by atoms with Crippen LogP contribution in [-0.4, -0.2) is 40.5 Å². The topological polar surface area (TPSA) is 67.3 Å². The number of ether oxygens (including phenoxy) is 1. The van der Waals surface area contributed by atoms with Gasteiger partial charge in [-0.05, 0) is 55.2 Å². The van der Waals surface area contributed by atoms with Crippen LogP contribution in [0, 0.1) is 17.8 Å². The quantitative estimate of drug-likeness (QED) is 0.635. The molecule has 1 unspecified atom stereocenters. The number of carbonyl (C=O) groups is 1. The first-order valence-corrected chi connectivity index (χ1v) is 11.3. The number of likely N-dealkylation sites (tertiary alicyclic amines) is 1. The van der Waals surface area contributed by atoms with Gasteiger partial charge in [0.1, 0.15) is 5.03 Å². The molecule has 7 heteroatoms. The zero-order chi connectivity index (χ0) is 19.8. The van der Waals surface area contributed by atoms with E-state index in [9.17, 15) is 4.79 Å². The fourth-order valence-electron chi connectivity index (χ4n) is 5.14. The van der Waals surface area contributed by atoms with Crippen LogP contribution in [0.2, 0.25) is 0 Å². The number of anilines is 2. The number of aromatic nitrogens is 2. The lowest BCUT2D eigenvalue weighted by Crippen LogP contribution is -2.42. The lowest BCUT2D eigenvalue weighted by atomic mass is 9.82. The highest BCUT2D eigenvalue weighted by Crippen LogP contribution is 2.45. The first kappa shape index (κ1) is 18.9. The summed E-state index contributed by atoms with van der Waals surface area (Å²) in [5, 5.41) is 4.35. The maximum absolute atomic E-state index is 12.0. The van der Waals surface area contributed by atoms with Crippen molar-refractivity contribution < 1.29 is 9.53 Å². The molecule has 152 valence electrons. The molecule has 29 heavy (non-hydrogen) atoms. The molecule has 1 aliphatic carbocycles. The lowest BCUT2D eigenvalue weighted by molar-refractivity contribution is -0.145. The van der Waals surface area contributed by atoms with Gasteiger partial charge >= 0.3 is 5.97 Å².